The first-order valence-corrected chi connectivity index (χ1v) is 7.58. The quantitative estimate of drug-likeness (QED) is 0.903. The number of nitrogens with one attached hydrogen (secondary N) is 1. The van der Waals surface area contributed by atoms with E-state index >= 15 is 0 Å². The Balaban J connectivity index is 1.59. The van der Waals surface area contributed by atoms with Crippen LogP contribution in [-0.4, -0.2) is 16.7 Å². The zero-order valence-electron chi connectivity index (χ0n) is 11.5. The standard InChI is InChI=1S/C16H19N3O/c1-2-6-11(7-3-1)15-18-16(20-19-15)13-10-17-14-9-5-4-8-12(13)14/h4-5,8-9,11,13,17H,1-3,6-7,10H2. The number of hydrogen-bond donors (Lipinski definition) is 1. The highest BCUT2D eigenvalue weighted by molar-refractivity contribution is 5.59. The van der Waals surface area contributed by atoms with Gasteiger partial charge in [-0.1, -0.05) is 42.6 Å². The molecule has 0 saturated heterocycles. The molecule has 104 valence electrons. The summed E-state index contributed by atoms with van der Waals surface area (Å²) in [5.41, 5.74) is 2.46. The Morgan fingerprint density at radius 2 is 1.95 bits per heavy atom. The Morgan fingerprint density at radius 3 is 2.85 bits per heavy atom. The maximum atomic E-state index is 5.56. The van der Waals surface area contributed by atoms with Crippen molar-refractivity contribution in [2.75, 3.05) is 11.9 Å². The Morgan fingerprint density at radius 1 is 1.10 bits per heavy atom. The highest BCUT2D eigenvalue weighted by atomic mass is 16.5. The predicted octanol–water partition coefficient (Wildman–Crippen LogP) is 3.67. The summed E-state index contributed by atoms with van der Waals surface area (Å²) < 4.78 is 5.56. The molecule has 4 nitrogen and oxygen atoms in total. The van der Waals surface area contributed by atoms with Gasteiger partial charge in [-0.05, 0) is 24.5 Å². The van der Waals surface area contributed by atoms with Crippen LogP contribution >= 0.6 is 0 Å². The lowest BCUT2D eigenvalue weighted by Gasteiger charge is -2.17. The maximum absolute atomic E-state index is 5.56. The van der Waals surface area contributed by atoms with Crippen LogP contribution in [0.4, 0.5) is 5.69 Å². The number of para-hydroxylation sites is 1. The van der Waals surface area contributed by atoms with Crippen LogP contribution in [0.15, 0.2) is 28.8 Å². The monoisotopic (exact) mass is 269 g/mol. The van der Waals surface area contributed by atoms with E-state index in [1.54, 1.807) is 0 Å². The Kier molecular flexibility index (Phi) is 2.94. The van der Waals surface area contributed by atoms with Gasteiger partial charge in [0.25, 0.3) is 0 Å². The number of fused-ring (bicyclic) bond motifs is 1. The molecule has 0 radical (unpaired) electrons. The fraction of sp³-hybridized carbons (Fsp3) is 0.500. The van der Waals surface area contributed by atoms with Crippen LogP contribution in [-0.2, 0) is 0 Å². The van der Waals surface area contributed by atoms with Crippen molar-refractivity contribution in [1.29, 1.82) is 0 Å². The molecule has 1 fully saturated rings. The zero-order valence-corrected chi connectivity index (χ0v) is 11.5. The van der Waals surface area contributed by atoms with Crippen molar-refractivity contribution in [3.63, 3.8) is 0 Å². The predicted molar refractivity (Wildman–Crippen MR) is 76.9 cm³/mol. The molecule has 1 N–H and O–H groups in total. The number of benzene rings is 1. The fourth-order valence-electron chi connectivity index (χ4n) is 3.42. The number of nitrogens with zero attached hydrogens (tertiary/aromatic N) is 2. The number of rotatable bonds is 2. The van der Waals surface area contributed by atoms with Gasteiger partial charge in [-0.15, -0.1) is 0 Å². The summed E-state index contributed by atoms with van der Waals surface area (Å²) in [4.78, 5) is 4.70. The molecule has 0 amide bonds. The van der Waals surface area contributed by atoms with E-state index in [-0.39, 0.29) is 5.92 Å². The van der Waals surface area contributed by atoms with E-state index in [0.29, 0.717) is 5.92 Å². The van der Waals surface area contributed by atoms with Crippen molar-refractivity contribution in [3.8, 4) is 0 Å². The average molecular weight is 269 g/mol. The van der Waals surface area contributed by atoms with Crippen LogP contribution < -0.4 is 5.32 Å². The maximum Gasteiger partial charge on any atom is 0.236 e. The minimum Gasteiger partial charge on any atom is -0.384 e. The topological polar surface area (TPSA) is 51.0 Å². The van der Waals surface area contributed by atoms with Gasteiger partial charge in [0.15, 0.2) is 5.82 Å². The summed E-state index contributed by atoms with van der Waals surface area (Å²) in [6.45, 7) is 0.853. The van der Waals surface area contributed by atoms with E-state index in [9.17, 15) is 0 Å². The van der Waals surface area contributed by atoms with Gasteiger partial charge in [-0.25, -0.2) is 0 Å². The lowest BCUT2D eigenvalue weighted by atomic mass is 9.89. The SMILES string of the molecule is c1ccc2c(c1)NCC2c1nc(C2CCCCC2)no1. The molecule has 1 atom stereocenters. The van der Waals surface area contributed by atoms with Crippen LogP contribution in [0.25, 0.3) is 0 Å². The molecule has 2 aliphatic rings. The molecular formula is C16H19N3O. The van der Waals surface area contributed by atoms with Crippen molar-refractivity contribution in [3.05, 3.63) is 41.5 Å². The molecule has 4 heteroatoms. The minimum absolute atomic E-state index is 0.205. The molecule has 0 bridgehead atoms. The smallest absolute Gasteiger partial charge is 0.236 e. The first-order valence-electron chi connectivity index (χ1n) is 7.58. The molecular weight excluding hydrogens is 250 g/mol. The fourth-order valence-corrected chi connectivity index (χ4v) is 3.42. The average Bonchev–Trinajstić information content (AvgIpc) is 3.14. The Bertz CT molecular complexity index is 601. The summed E-state index contributed by atoms with van der Waals surface area (Å²) in [6.07, 6.45) is 6.35. The van der Waals surface area contributed by atoms with Crippen LogP contribution in [0, 0.1) is 0 Å². The number of hydrogen-bond acceptors (Lipinski definition) is 4. The lowest BCUT2D eigenvalue weighted by Crippen LogP contribution is -2.07. The third kappa shape index (κ3) is 1.99. The minimum atomic E-state index is 0.205. The van der Waals surface area contributed by atoms with Gasteiger partial charge < -0.3 is 9.84 Å². The van der Waals surface area contributed by atoms with E-state index in [4.69, 9.17) is 9.51 Å². The summed E-state index contributed by atoms with van der Waals surface area (Å²) >= 11 is 0. The highest BCUT2D eigenvalue weighted by Crippen LogP contribution is 2.36. The highest BCUT2D eigenvalue weighted by Gasteiger charge is 2.29. The third-order valence-corrected chi connectivity index (χ3v) is 4.56. The summed E-state index contributed by atoms with van der Waals surface area (Å²) in [6, 6.07) is 8.37. The molecule has 1 unspecified atom stereocenters. The van der Waals surface area contributed by atoms with Gasteiger partial charge >= 0.3 is 0 Å². The van der Waals surface area contributed by atoms with Crippen molar-refractivity contribution in [2.24, 2.45) is 0 Å². The van der Waals surface area contributed by atoms with Gasteiger partial charge in [-0.2, -0.15) is 4.98 Å². The zero-order chi connectivity index (χ0) is 13.4. The van der Waals surface area contributed by atoms with Crippen molar-refractivity contribution >= 4 is 5.69 Å². The Hall–Kier alpha value is -1.84. The molecule has 2 heterocycles. The van der Waals surface area contributed by atoms with Crippen molar-refractivity contribution in [2.45, 2.75) is 43.9 Å². The molecule has 1 aliphatic heterocycles. The van der Waals surface area contributed by atoms with Crippen LogP contribution in [0.3, 0.4) is 0 Å². The third-order valence-electron chi connectivity index (χ3n) is 4.56. The number of anilines is 1. The molecule has 20 heavy (non-hydrogen) atoms. The van der Waals surface area contributed by atoms with Crippen LogP contribution in [0.5, 0.6) is 0 Å². The van der Waals surface area contributed by atoms with Crippen molar-refractivity contribution < 1.29 is 4.52 Å². The molecule has 0 spiro atoms. The van der Waals surface area contributed by atoms with E-state index in [2.05, 4.69) is 34.7 Å². The van der Waals surface area contributed by atoms with E-state index in [1.807, 2.05) is 0 Å². The van der Waals surface area contributed by atoms with Gasteiger partial charge in [0.2, 0.25) is 5.89 Å². The van der Waals surface area contributed by atoms with Gasteiger partial charge in [-0.3, -0.25) is 0 Å². The second kappa shape index (κ2) is 4.93. The van der Waals surface area contributed by atoms with Crippen LogP contribution in [0.1, 0.15) is 61.2 Å². The van der Waals surface area contributed by atoms with E-state index in [0.717, 1.165) is 18.3 Å². The van der Waals surface area contributed by atoms with Gasteiger partial charge in [0, 0.05) is 18.2 Å². The summed E-state index contributed by atoms with van der Waals surface area (Å²) in [5, 5.41) is 7.65. The van der Waals surface area contributed by atoms with Crippen molar-refractivity contribution in [1.82, 2.24) is 10.1 Å². The first kappa shape index (κ1) is 11.9. The Labute approximate surface area is 118 Å². The number of aromatic nitrogens is 2. The van der Waals surface area contributed by atoms with E-state index in [1.165, 1.54) is 43.4 Å². The van der Waals surface area contributed by atoms with Crippen LogP contribution in [0.2, 0.25) is 0 Å². The summed E-state index contributed by atoms with van der Waals surface area (Å²) in [5.74, 6) is 2.40. The second-order valence-corrected chi connectivity index (χ2v) is 5.85. The first-order chi connectivity index (χ1) is 9.92. The van der Waals surface area contributed by atoms with Gasteiger partial charge in [0.1, 0.15) is 0 Å². The molecule has 4 rings (SSSR count). The second-order valence-electron chi connectivity index (χ2n) is 5.85. The van der Waals surface area contributed by atoms with E-state index < -0.39 is 0 Å². The normalized spacial score (nSPS) is 22.5. The molecule has 1 saturated carbocycles. The lowest BCUT2D eigenvalue weighted by molar-refractivity contribution is 0.352. The molecule has 1 aliphatic carbocycles. The largest absolute Gasteiger partial charge is 0.384 e. The van der Waals surface area contributed by atoms with Gasteiger partial charge in [0.05, 0.1) is 5.92 Å². The summed E-state index contributed by atoms with van der Waals surface area (Å²) in [7, 11) is 0. The molecule has 1 aromatic carbocycles. The molecule has 1 aromatic heterocycles. The molecule has 2 aromatic rings.